The van der Waals surface area contributed by atoms with Crippen LogP contribution in [0, 0.1) is 0 Å². The Bertz CT molecular complexity index is 1290. The van der Waals surface area contributed by atoms with Crippen molar-refractivity contribution in [3.05, 3.63) is 109 Å². The molecule has 0 bridgehead atoms. The standard InChI is InChI=1S/C47H72O10/c1-3-5-7-9-11-13-15-17-19-20-22-23-25-27-29-31-33-35-42(49)54-38-40(39-55-47-46(53)45(52)44(51)41(37-48)57-47)56-43(50)36-34-32-30-28-26-24-21-18-16-14-12-10-8-6-4-2/h5-8,10-14,16-19,21-23,27,29,40-41,44-48,51-53H,3-4,9,15,20,24-26,28,30-39H2,1-2H3/b7-5+,8-6+,12-10+,13-11+,16-14+,19-17+,21-18+,23-22+,29-27+/t40-,41-,44+,45?,46?,47-/m0/s1. The van der Waals surface area contributed by atoms with Crippen molar-refractivity contribution in [3.63, 3.8) is 0 Å². The zero-order valence-corrected chi connectivity index (χ0v) is 34.5. The monoisotopic (exact) mass is 797 g/mol. The van der Waals surface area contributed by atoms with E-state index in [0.717, 1.165) is 70.6 Å². The lowest BCUT2D eigenvalue weighted by molar-refractivity contribution is -0.305. The summed E-state index contributed by atoms with van der Waals surface area (Å²) in [5.74, 6) is -0.917. The Morgan fingerprint density at radius 2 is 1.09 bits per heavy atom. The molecule has 0 spiro atoms. The van der Waals surface area contributed by atoms with Crippen LogP contribution in [0.25, 0.3) is 0 Å². The van der Waals surface area contributed by atoms with E-state index >= 15 is 0 Å². The van der Waals surface area contributed by atoms with E-state index < -0.39 is 55.4 Å². The Balaban J connectivity index is 2.44. The average molecular weight is 797 g/mol. The van der Waals surface area contributed by atoms with Crippen molar-refractivity contribution < 1.29 is 49.0 Å². The summed E-state index contributed by atoms with van der Waals surface area (Å²) in [7, 11) is 0. The summed E-state index contributed by atoms with van der Waals surface area (Å²) in [6.07, 6.45) is 42.4. The summed E-state index contributed by atoms with van der Waals surface area (Å²) >= 11 is 0. The molecule has 1 aliphatic heterocycles. The summed E-state index contributed by atoms with van der Waals surface area (Å²) < 4.78 is 22.0. The zero-order valence-electron chi connectivity index (χ0n) is 34.5. The van der Waals surface area contributed by atoms with Gasteiger partial charge in [-0.05, 0) is 70.6 Å². The molecule has 0 aliphatic carbocycles. The van der Waals surface area contributed by atoms with Crippen molar-refractivity contribution in [2.45, 2.75) is 153 Å². The van der Waals surface area contributed by atoms with Crippen LogP contribution in [-0.2, 0) is 28.5 Å². The fraction of sp³-hybridized carbons (Fsp3) is 0.574. The van der Waals surface area contributed by atoms with Gasteiger partial charge in [0.25, 0.3) is 0 Å². The first-order valence-corrected chi connectivity index (χ1v) is 21.0. The maximum Gasteiger partial charge on any atom is 0.306 e. The molecule has 6 atom stereocenters. The molecule has 57 heavy (non-hydrogen) atoms. The predicted molar refractivity (Wildman–Crippen MR) is 228 cm³/mol. The highest BCUT2D eigenvalue weighted by Gasteiger charge is 2.44. The molecule has 4 N–H and O–H groups in total. The molecule has 0 aromatic rings. The zero-order chi connectivity index (χ0) is 41.6. The number of allylic oxidation sites excluding steroid dienone is 18. The summed E-state index contributed by atoms with van der Waals surface area (Å²) in [5.41, 5.74) is 0. The van der Waals surface area contributed by atoms with Crippen molar-refractivity contribution in [2.24, 2.45) is 0 Å². The first kappa shape index (κ1) is 51.4. The maximum absolute atomic E-state index is 12.7. The van der Waals surface area contributed by atoms with Crippen LogP contribution in [0.1, 0.15) is 117 Å². The summed E-state index contributed by atoms with van der Waals surface area (Å²) in [5, 5.41) is 40.0. The van der Waals surface area contributed by atoms with E-state index in [2.05, 4.69) is 80.7 Å². The van der Waals surface area contributed by atoms with Crippen LogP contribution in [0.4, 0.5) is 0 Å². The number of carbonyl (C=O) groups excluding carboxylic acids is 2. The average Bonchev–Trinajstić information content (AvgIpc) is 3.21. The first-order valence-electron chi connectivity index (χ1n) is 21.0. The number of aliphatic hydroxyl groups is 4. The van der Waals surface area contributed by atoms with Crippen LogP contribution in [-0.4, -0.2) is 89.0 Å². The van der Waals surface area contributed by atoms with E-state index in [9.17, 15) is 30.0 Å². The number of ether oxygens (including phenoxy) is 4. The van der Waals surface area contributed by atoms with Crippen molar-refractivity contribution >= 4 is 11.9 Å². The van der Waals surface area contributed by atoms with E-state index in [1.54, 1.807) is 0 Å². The van der Waals surface area contributed by atoms with E-state index in [-0.39, 0.29) is 26.1 Å². The molecular weight excluding hydrogens is 725 g/mol. The van der Waals surface area contributed by atoms with E-state index in [1.807, 2.05) is 42.5 Å². The van der Waals surface area contributed by atoms with E-state index in [0.29, 0.717) is 19.3 Å². The SMILES string of the molecule is CC/C=C/C=C/C=C/C=C/CCCCCCCC(=O)O[C@@H](COC(=O)CCC/C=C/C/C=C/C/C=C/C/C=C/C/C=C/CC)CO[C@H]1O[C@@H](CO)[C@@H](O)C(O)C1O. The first-order chi connectivity index (χ1) is 27.8. The molecule has 1 rings (SSSR count). The number of aliphatic hydroxyl groups excluding tert-OH is 4. The van der Waals surface area contributed by atoms with Crippen molar-refractivity contribution in [2.75, 3.05) is 19.8 Å². The number of carbonyl (C=O) groups is 2. The van der Waals surface area contributed by atoms with Crippen molar-refractivity contribution in [3.8, 4) is 0 Å². The molecule has 0 radical (unpaired) electrons. The van der Waals surface area contributed by atoms with Crippen LogP contribution < -0.4 is 0 Å². The van der Waals surface area contributed by atoms with Gasteiger partial charge in [-0.2, -0.15) is 0 Å². The largest absolute Gasteiger partial charge is 0.462 e. The molecule has 0 aromatic heterocycles. The third-order valence-corrected chi connectivity index (χ3v) is 8.75. The minimum Gasteiger partial charge on any atom is -0.462 e. The lowest BCUT2D eigenvalue weighted by Crippen LogP contribution is -2.59. The highest BCUT2D eigenvalue weighted by molar-refractivity contribution is 5.70. The second kappa shape index (κ2) is 36.7. The van der Waals surface area contributed by atoms with Gasteiger partial charge in [0.15, 0.2) is 12.4 Å². The van der Waals surface area contributed by atoms with Gasteiger partial charge >= 0.3 is 11.9 Å². The van der Waals surface area contributed by atoms with Gasteiger partial charge in [-0.3, -0.25) is 9.59 Å². The quantitative estimate of drug-likeness (QED) is 0.0226. The Labute approximate surface area is 342 Å². The predicted octanol–water partition coefficient (Wildman–Crippen LogP) is 8.55. The topological polar surface area (TPSA) is 152 Å². The molecular formula is C47H72O10. The van der Waals surface area contributed by atoms with Gasteiger partial charge in [-0.25, -0.2) is 0 Å². The summed E-state index contributed by atoms with van der Waals surface area (Å²) in [6, 6.07) is 0. The van der Waals surface area contributed by atoms with Gasteiger partial charge < -0.3 is 39.4 Å². The Morgan fingerprint density at radius 1 is 0.561 bits per heavy atom. The normalized spacial score (nSPS) is 21.4. The fourth-order valence-electron chi connectivity index (χ4n) is 5.47. The lowest BCUT2D eigenvalue weighted by atomic mass is 9.99. The second-order valence-corrected chi connectivity index (χ2v) is 13.8. The maximum atomic E-state index is 12.7. The fourth-order valence-corrected chi connectivity index (χ4v) is 5.47. The van der Waals surface area contributed by atoms with Gasteiger partial charge in [0.05, 0.1) is 13.2 Å². The van der Waals surface area contributed by atoms with Crippen molar-refractivity contribution in [1.82, 2.24) is 0 Å². The van der Waals surface area contributed by atoms with Gasteiger partial charge in [-0.15, -0.1) is 0 Å². The minimum atomic E-state index is -1.61. The van der Waals surface area contributed by atoms with Gasteiger partial charge in [-0.1, -0.05) is 142 Å². The van der Waals surface area contributed by atoms with Crippen LogP contribution in [0.3, 0.4) is 0 Å². The number of hydrogen-bond donors (Lipinski definition) is 4. The third-order valence-electron chi connectivity index (χ3n) is 8.75. The molecule has 0 saturated carbocycles. The molecule has 320 valence electrons. The summed E-state index contributed by atoms with van der Waals surface area (Å²) in [4.78, 5) is 25.3. The van der Waals surface area contributed by atoms with E-state index in [4.69, 9.17) is 18.9 Å². The Hall–Kier alpha value is -3.64. The third kappa shape index (κ3) is 28.4. The molecule has 0 amide bonds. The van der Waals surface area contributed by atoms with Gasteiger partial charge in [0.2, 0.25) is 0 Å². The molecule has 10 nitrogen and oxygen atoms in total. The highest BCUT2D eigenvalue weighted by atomic mass is 16.7. The van der Waals surface area contributed by atoms with Crippen LogP contribution in [0.15, 0.2) is 109 Å². The van der Waals surface area contributed by atoms with Crippen molar-refractivity contribution in [1.29, 1.82) is 0 Å². The number of hydrogen-bond acceptors (Lipinski definition) is 10. The summed E-state index contributed by atoms with van der Waals surface area (Å²) in [6.45, 7) is 3.05. The van der Waals surface area contributed by atoms with Gasteiger partial charge in [0, 0.05) is 12.8 Å². The second-order valence-electron chi connectivity index (χ2n) is 13.8. The smallest absolute Gasteiger partial charge is 0.306 e. The molecule has 1 heterocycles. The van der Waals surface area contributed by atoms with E-state index in [1.165, 1.54) is 0 Å². The molecule has 1 saturated heterocycles. The van der Waals surface area contributed by atoms with Gasteiger partial charge in [0.1, 0.15) is 31.0 Å². The van der Waals surface area contributed by atoms with Crippen LogP contribution in [0.5, 0.6) is 0 Å². The number of rotatable bonds is 32. The number of esters is 2. The molecule has 10 heteroatoms. The van der Waals surface area contributed by atoms with Crippen LogP contribution in [0.2, 0.25) is 0 Å². The molecule has 2 unspecified atom stereocenters. The number of unbranched alkanes of at least 4 members (excludes halogenated alkanes) is 6. The lowest BCUT2D eigenvalue weighted by Gasteiger charge is -2.39. The Kier molecular flexibility index (Phi) is 33.1. The minimum absolute atomic E-state index is 0.184. The van der Waals surface area contributed by atoms with Crippen LogP contribution >= 0.6 is 0 Å². The highest BCUT2D eigenvalue weighted by Crippen LogP contribution is 2.22. The molecule has 0 aromatic carbocycles. The molecule has 1 aliphatic rings. The Morgan fingerprint density at radius 3 is 1.72 bits per heavy atom. The molecule has 1 fully saturated rings.